The van der Waals surface area contributed by atoms with E-state index in [0.29, 0.717) is 17.9 Å². The van der Waals surface area contributed by atoms with Gasteiger partial charge in [0, 0.05) is 22.5 Å². The van der Waals surface area contributed by atoms with Crippen molar-refractivity contribution in [2.75, 3.05) is 5.73 Å². The Labute approximate surface area is 112 Å². The summed E-state index contributed by atoms with van der Waals surface area (Å²) < 4.78 is 0.875. The van der Waals surface area contributed by atoms with Gasteiger partial charge in [0.2, 0.25) is 0 Å². The van der Waals surface area contributed by atoms with Gasteiger partial charge in [-0.2, -0.15) is 0 Å². The van der Waals surface area contributed by atoms with Crippen LogP contribution in [-0.4, -0.2) is 5.78 Å². The molecule has 3 heteroatoms. The van der Waals surface area contributed by atoms with Crippen LogP contribution in [0.15, 0.2) is 22.7 Å². The van der Waals surface area contributed by atoms with Crippen molar-refractivity contribution in [2.24, 2.45) is 0 Å². The number of hydrogen-bond acceptors (Lipinski definition) is 2. The Morgan fingerprint density at radius 1 is 1.35 bits per heavy atom. The first-order valence-electron chi connectivity index (χ1n) is 6.17. The maximum absolute atomic E-state index is 12.1. The van der Waals surface area contributed by atoms with E-state index in [2.05, 4.69) is 22.9 Å². The maximum atomic E-state index is 12.1. The Morgan fingerprint density at radius 3 is 2.59 bits per heavy atom. The summed E-state index contributed by atoms with van der Waals surface area (Å²) in [5.41, 5.74) is 7.56. The van der Waals surface area contributed by atoms with Crippen LogP contribution in [0.1, 0.15) is 51.0 Å². The summed E-state index contributed by atoms with van der Waals surface area (Å²) in [5.74, 6) is 0.364. The average molecular weight is 298 g/mol. The summed E-state index contributed by atoms with van der Waals surface area (Å²) in [6.07, 6.45) is 3.50. The van der Waals surface area contributed by atoms with Crippen LogP contribution in [0.2, 0.25) is 0 Å². The fourth-order valence-corrected chi connectivity index (χ4v) is 2.38. The molecule has 17 heavy (non-hydrogen) atoms. The zero-order chi connectivity index (χ0) is 12.8. The normalized spacial score (nSPS) is 12.4. The van der Waals surface area contributed by atoms with E-state index >= 15 is 0 Å². The quantitative estimate of drug-likeness (QED) is 0.796. The van der Waals surface area contributed by atoms with Crippen LogP contribution in [0, 0.1) is 0 Å². The minimum Gasteiger partial charge on any atom is -0.398 e. The van der Waals surface area contributed by atoms with Crippen molar-refractivity contribution in [3.05, 3.63) is 28.2 Å². The lowest BCUT2D eigenvalue weighted by atomic mass is 9.88. The third kappa shape index (κ3) is 3.84. The van der Waals surface area contributed by atoms with Crippen LogP contribution < -0.4 is 5.73 Å². The highest BCUT2D eigenvalue weighted by molar-refractivity contribution is 9.10. The van der Waals surface area contributed by atoms with Gasteiger partial charge >= 0.3 is 0 Å². The summed E-state index contributed by atoms with van der Waals surface area (Å²) in [6.45, 7) is 4.15. The van der Waals surface area contributed by atoms with Crippen molar-refractivity contribution in [1.29, 1.82) is 0 Å². The van der Waals surface area contributed by atoms with Gasteiger partial charge in [-0.05, 0) is 46.5 Å². The van der Waals surface area contributed by atoms with Crippen LogP contribution in [0.5, 0.6) is 0 Å². The molecule has 0 spiro atoms. The van der Waals surface area contributed by atoms with Crippen molar-refractivity contribution in [3.63, 3.8) is 0 Å². The van der Waals surface area contributed by atoms with E-state index in [1.165, 1.54) is 0 Å². The molecule has 0 saturated carbocycles. The maximum Gasteiger partial charge on any atom is 0.140 e. The molecule has 1 aromatic carbocycles. The molecule has 2 nitrogen and oxygen atoms in total. The molecule has 1 unspecified atom stereocenters. The van der Waals surface area contributed by atoms with Gasteiger partial charge in [-0.3, -0.25) is 4.79 Å². The second-order valence-electron chi connectivity index (χ2n) is 4.34. The topological polar surface area (TPSA) is 43.1 Å². The van der Waals surface area contributed by atoms with E-state index in [1.807, 2.05) is 25.1 Å². The van der Waals surface area contributed by atoms with E-state index in [0.717, 1.165) is 29.3 Å². The molecule has 0 saturated heterocycles. The molecule has 1 aromatic rings. The molecule has 0 heterocycles. The zero-order valence-corrected chi connectivity index (χ0v) is 12.1. The van der Waals surface area contributed by atoms with Crippen molar-refractivity contribution in [2.45, 2.75) is 45.4 Å². The van der Waals surface area contributed by atoms with Crippen LogP contribution in [0.3, 0.4) is 0 Å². The Kier molecular flexibility index (Phi) is 5.69. The van der Waals surface area contributed by atoms with E-state index in [-0.39, 0.29) is 5.92 Å². The number of benzene rings is 1. The molecule has 0 bridgehead atoms. The van der Waals surface area contributed by atoms with Crippen molar-refractivity contribution in [3.8, 4) is 0 Å². The van der Waals surface area contributed by atoms with E-state index < -0.39 is 0 Å². The fourth-order valence-electron chi connectivity index (χ4n) is 1.98. The number of halogens is 1. The molecule has 1 atom stereocenters. The van der Waals surface area contributed by atoms with Gasteiger partial charge in [-0.15, -0.1) is 0 Å². The first-order chi connectivity index (χ1) is 8.10. The lowest BCUT2D eigenvalue weighted by Gasteiger charge is -2.16. The summed E-state index contributed by atoms with van der Waals surface area (Å²) in [4.78, 5) is 12.1. The molecule has 0 fully saturated rings. The first kappa shape index (κ1) is 14.2. The van der Waals surface area contributed by atoms with Crippen LogP contribution in [0.25, 0.3) is 0 Å². The minimum atomic E-state index is 0.0249. The van der Waals surface area contributed by atoms with Gasteiger partial charge in [0.05, 0.1) is 0 Å². The van der Waals surface area contributed by atoms with Crippen molar-refractivity contribution in [1.82, 2.24) is 0 Å². The van der Waals surface area contributed by atoms with Gasteiger partial charge in [-0.1, -0.05) is 26.3 Å². The van der Waals surface area contributed by atoms with Crippen LogP contribution in [0.4, 0.5) is 5.69 Å². The molecule has 2 N–H and O–H groups in total. The number of rotatable bonds is 6. The number of hydrogen-bond donors (Lipinski definition) is 1. The van der Waals surface area contributed by atoms with Gasteiger partial charge in [0.1, 0.15) is 5.78 Å². The molecular weight excluding hydrogens is 278 g/mol. The number of anilines is 1. The Bertz CT molecular complexity index is 390. The zero-order valence-electron chi connectivity index (χ0n) is 10.5. The number of nitrogens with two attached hydrogens (primary N) is 1. The molecule has 0 amide bonds. The fraction of sp³-hybridized carbons (Fsp3) is 0.500. The third-order valence-corrected chi connectivity index (χ3v) is 3.58. The van der Waals surface area contributed by atoms with Gasteiger partial charge in [0.25, 0.3) is 0 Å². The number of carbonyl (C=O) groups is 1. The molecule has 0 aliphatic rings. The molecule has 0 aliphatic heterocycles. The number of carbonyl (C=O) groups excluding carboxylic acids is 1. The summed E-state index contributed by atoms with van der Waals surface area (Å²) in [6, 6.07) is 5.80. The number of ketones is 1. The van der Waals surface area contributed by atoms with Gasteiger partial charge < -0.3 is 5.73 Å². The Balaban J connectivity index is 2.96. The summed E-state index contributed by atoms with van der Waals surface area (Å²) in [7, 11) is 0. The predicted molar refractivity (Wildman–Crippen MR) is 76.1 cm³/mol. The Morgan fingerprint density at radius 2 is 2.06 bits per heavy atom. The largest absolute Gasteiger partial charge is 0.398 e. The molecule has 0 radical (unpaired) electrons. The third-order valence-electron chi connectivity index (χ3n) is 2.89. The SMILES string of the molecule is CCCC(=O)C(CCC)c1ccc(N)c(Br)c1. The molecule has 1 rings (SSSR count). The standard InChI is InChI=1S/C14H20BrNO/c1-3-5-11(14(17)6-4-2)10-7-8-13(16)12(15)9-10/h7-9,11H,3-6,16H2,1-2H3. The lowest BCUT2D eigenvalue weighted by Crippen LogP contribution is -2.12. The van der Waals surface area contributed by atoms with Crippen molar-refractivity contribution < 1.29 is 4.79 Å². The highest BCUT2D eigenvalue weighted by Crippen LogP contribution is 2.29. The van der Waals surface area contributed by atoms with E-state index in [9.17, 15) is 4.79 Å². The lowest BCUT2D eigenvalue weighted by molar-refractivity contribution is -0.120. The van der Waals surface area contributed by atoms with E-state index in [1.54, 1.807) is 0 Å². The first-order valence-corrected chi connectivity index (χ1v) is 6.97. The van der Waals surface area contributed by atoms with E-state index in [4.69, 9.17) is 5.73 Å². The van der Waals surface area contributed by atoms with Crippen LogP contribution >= 0.6 is 15.9 Å². The molecule has 0 aromatic heterocycles. The summed E-state index contributed by atoms with van der Waals surface area (Å²) in [5, 5.41) is 0. The minimum absolute atomic E-state index is 0.0249. The molecular formula is C14H20BrNO. The van der Waals surface area contributed by atoms with Gasteiger partial charge in [-0.25, -0.2) is 0 Å². The predicted octanol–water partition coefficient (Wildman–Crippen LogP) is 4.28. The average Bonchev–Trinajstić information content (AvgIpc) is 2.30. The smallest absolute Gasteiger partial charge is 0.140 e. The highest BCUT2D eigenvalue weighted by atomic mass is 79.9. The van der Waals surface area contributed by atoms with Crippen molar-refractivity contribution >= 4 is 27.4 Å². The molecule has 0 aliphatic carbocycles. The second-order valence-corrected chi connectivity index (χ2v) is 5.19. The number of Topliss-reactive ketones (excluding diaryl/α,β-unsaturated/α-hetero) is 1. The van der Waals surface area contributed by atoms with Gasteiger partial charge in [0.15, 0.2) is 0 Å². The highest BCUT2D eigenvalue weighted by Gasteiger charge is 2.19. The summed E-state index contributed by atoms with van der Waals surface area (Å²) >= 11 is 3.42. The monoisotopic (exact) mass is 297 g/mol. The molecule has 94 valence electrons. The van der Waals surface area contributed by atoms with Crippen LogP contribution in [-0.2, 0) is 4.79 Å². The second kappa shape index (κ2) is 6.80. The Hall–Kier alpha value is -0.830. The number of nitrogen functional groups attached to an aromatic ring is 1.